The van der Waals surface area contributed by atoms with Gasteiger partial charge in [0.25, 0.3) is 0 Å². The van der Waals surface area contributed by atoms with E-state index in [9.17, 15) is 0 Å². The van der Waals surface area contributed by atoms with Crippen LogP contribution in [0.4, 0.5) is 86.1 Å². The van der Waals surface area contributed by atoms with Crippen molar-refractivity contribution in [2.45, 2.75) is 41.5 Å². The first-order chi connectivity index (χ1) is 53.1. The van der Waals surface area contributed by atoms with Gasteiger partial charge in [0.1, 0.15) is 34.5 Å². The Hall–Kier alpha value is -13.5. The lowest BCUT2D eigenvalue weighted by Crippen LogP contribution is -2.10. The Morgan fingerprint density at radius 1 is 0.204 bits per heavy atom. The molecule has 0 atom stereocenters. The number of hydrogen-bond acceptors (Lipinski definition) is 15. The summed E-state index contributed by atoms with van der Waals surface area (Å²) in [5.41, 5.74) is 17.8. The summed E-state index contributed by atoms with van der Waals surface area (Å²) in [5, 5.41) is 10.4. The lowest BCUT2D eigenvalue weighted by molar-refractivity contribution is 0.340. The molecule has 0 radical (unpaired) electrons. The smallest absolute Gasteiger partial charge is 0.233 e. The van der Waals surface area contributed by atoms with Gasteiger partial charge in [0.05, 0.1) is 39.6 Å². The maximum atomic E-state index is 5.77. The standard InChI is InChI=1S/C93H87N9O6/c1-7-103-85-55-43-79(44-56-85)100(80-45-57-86(58-46-80)104-8-2)76-37-25-70(26-38-76)16-13-67-19-31-73(32-20-67)94-91-97-92(95-74-33-21-68(22-34-74)14-17-71-27-39-77(40-28-71)101(81-47-59-87(60-48-81)105-9-3)82-49-61-88(62-50-82)106-10-4)99-93(98-91)96-75-35-23-69(24-36-75)15-18-72-29-41-78(42-30-72)102(83-51-63-89(64-52-83)107-11-5)84-53-65-90(66-54-84)108-12-6/h13-66H,7-12H2,1-6H3,(H3,94,95,96,97,98,99)/b16-13+,17-14+,18-15+. The quantitative estimate of drug-likeness (QED) is 0.0336. The second-order valence-electron chi connectivity index (χ2n) is 24.9. The highest BCUT2D eigenvalue weighted by molar-refractivity contribution is 5.83. The zero-order valence-electron chi connectivity index (χ0n) is 61.6. The van der Waals surface area contributed by atoms with Crippen molar-refractivity contribution in [3.8, 4) is 34.5 Å². The first kappa shape index (κ1) is 72.8. The number of nitrogens with zero attached hydrogens (tertiary/aromatic N) is 6. The Morgan fingerprint density at radius 2 is 0.343 bits per heavy atom. The average molecular weight is 1430 g/mol. The second kappa shape index (κ2) is 36.3. The van der Waals surface area contributed by atoms with Crippen LogP contribution in [0.1, 0.15) is 74.9 Å². The molecule has 0 aliphatic carbocycles. The van der Waals surface area contributed by atoms with E-state index >= 15 is 0 Å². The number of ether oxygens (including phenoxy) is 6. The third-order valence-corrected chi connectivity index (χ3v) is 17.4. The molecule has 0 saturated heterocycles. The third-order valence-electron chi connectivity index (χ3n) is 17.4. The fourth-order valence-electron chi connectivity index (χ4n) is 12.2. The van der Waals surface area contributed by atoms with Crippen LogP contribution in [-0.2, 0) is 0 Å². The molecular weight excluding hydrogens is 1340 g/mol. The SMILES string of the molecule is CCOc1ccc(N(c2ccc(/C=C/c3ccc(Nc4nc(Nc5ccc(/C=C/c6ccc(N(c7ccc(OCC)cc7)c7ccc(OCC)cc7)cc6)cc5)nc(Nc5ccc(/C=C/c6ccc(N(c7ccc(OCC)cc7)c7ccc(OCC)cc7)cc6)cc5)n4)cc3)cc2)c2ccc(OCC)cc2)cc1. The Bertz CT molecular complexity index is 4390. The predicted molar refractivity (Wildman–Crippen MR) is 446 cm³/mol. The van der Waals surface area contributed by atoms with E-state index in [4.69, 9.17) is 43.4 Å². The molecule has 0 fully saturated rings. The third kappa shape index (κ3) is 19.4. The molecule has 540 valence electrons. The first-order valence-electron chi connectivity index (χ1n) is 36.6. The molecule has 0 spiro atoms. The van der Waals surface area contributed by atoms with Gasteiger partial charge in [0.15, 0.2) is 0 Å². The van der Waals surface area contributed by atoms with E-state index in [-0.39, 0.29) is 0 Å². The Labute approximate surface area is 633 Å². The molecule has 0 unspecified atom stereocenters. The van der Waals surface area contributed by atoms with E-state index in [0.717, 1.165) is 136 Å². The van der Waals surface area contributed by atoms with E-state index < -0.39 is 0 Å². The highest BCUT2D eigenvalue weighted by Gasteiger charge is 2.18. The lowest BCUT2D eigenvalue weighted by atomic mass is 10.1. The van der Waals surface area contributed by atoms with Crippen molar-refractivity contribution in [2.24, 2.45) is 0 Å². The summed E-state index contributed by atoms with van der Waals surface area (Å²) < 4.78 is 34.6. The van der Waals surface area contributed by atoms with Crippen molar-refractivity contribution in [1.82, 2.24) is 15.0 Å². The van der Waals surface area contributed by atoms with Crippen LogP contribution in [0.2, 0.25) is 0 Å². The Kier molecular flexibility index (Phi) is 24.4. The van der Waals surface area contributed by atoms with Crippen LogP contribution in [0.25, 0.3) is 36.5 Å². The van der Waals surface area contributed by atoms with E-state index in [1.807, 2.05) is 151 Å². The summed E-state index contributed by atoms with van der Waals surface area (Å²) in [6.45, 7) is 15.6. The summed E-state index contributed by atoms with van der Waals surface area (Å²) >= 11 is 0. The highest BCUT2D eigenvalue weighted by atomic mass is 16.5. The van der Waals surface area contributed by atoms with Crippen LogP contribution in [0, 0.1) is 0 Å². The number of benzene rings is 12. The number of aromatic nitrogens is 3. The van der Waals surface area contributed by atoms with E-state index in [1.165, 1.54) is 0 Å². The van der Waals surface area contributed by atoms with E-state index in [2.05, 4.69) is 249 Å². The number of nitrogens with one attached hydrogen (secondary N) is 3. The van der Waals surface area contributed by atoms with Crippen LogP contribution >= 0.6 is 0 Å². The topological polar surface area (TPSA) is 140 Å². The van der Waals surface area contributed by atoms with Gasteiger partial charge in [-0.2, -0.15) is 15.0 Å². The maximum absolute atomic E-state index is 5.77. The average Bonchev–Trinajstić information content (AvgIpc) is 0.815. The summed E-state index contributed by atoms with van der Waals surface area (Å²) in [6, 6.07) is 99.1. The summed E-state index contributed by atoms with van der Waals surface area (Å²) in [4.78, 5) is 21.3. The molecular formula is C93H87N9O6. The second-order valence-corrected chi connectivity index (χ2v) is 24.9. The minimum absolute atomic E-state index is 0.350. The molecule has 15 nitrogen and oxygen atoms in total. The van der Waals surface area contributed by atoms with Crippen molar-refractivity contribution in [3.63, 3.8) is 0 Å². The first-order valence-corrected chi connectivity index (χ1v) is 36.6. The molecule has 13 aromatic rings. The fraction of sp³-hybridized carbons (Fsp3) is 0.129. The van der Waals surface area contributed by atoms with Crippen LogP contribution in [-0.4, -0.2) is 54.6 Å². The molecule has 0 amide bonds. The monoisotopic (exact) mass is 1430 g/mol. The lowest BCUT2D eigenvalue weighted by Gasteiger charge is -2.26. The molecule has 0 saturated carbocycles. The van der Waals surface area contributed by atoms with Gasteiger partial charge in [0.2, 0.25) is 17.8 Å². The Balaban J connectivity index is 0.709. The van der Waals surface area contributed by atoms with Crippen molar-refractivity contribution >= 4 is 123 Å². The molecule has 13 rings (SSSR count). The predicted octanol–water partition coefficient (Wildman–Crippen LogP) is 24.4. The highest BCUT2D eigenvalue weighted by Crippen LogP contribution is 2.41. The fourth-order valence-corrected chi connectivity index (χ4v) is 12.2. The van der Waals surface area contributed by atoms with Crippen molar-refractivity contribution in [2.75, 3.05) is 70.3 Å². The summed E-state index contributed by atoms with van der Waals surface area (Å²) in [6.07, 6.45) is 12.7. The minimum atomic E-state index is 0.350. The largest absolute Gasteiger partial charge is 0.494 e. The Morgan fingerprint density at radius 3 is 0.491 bits per heavy atom. The van der Waals surface area contributed by atoms with Gasteiger partial charge in [0, 0.05) is 68.2 Å². The molecule has 3 N–H and O–H groups in total. The maximum Gasteiger partial charge on any atom is 0.233 e. The molecule has 12 aromatic carbocycles. The van der Waals surface area contributed by atoms with E-state index in [1.54, 1.807) is 0 Å². The van der Waals surface area contributed by atoms with Gasteiger partial charge in [-0.3, -0.25) is 0 Å². The molecule has 15 heteroatoms. The van der Waals surface area contributed by atoms with Crippen LogP contribution in [0.3, 0.4) is 0 Å². The zero-order valence-corrected chi connectivity index (χ0v) is 61.6. The van der Waals surface area contributed by atoms with Gasteiger partial charge >= 0.3 is 0 Å². The van der Waals surface area contributed by atoms with Gasteiger partial charge < -0.3 is 59.1 Å². The van der Waals surface area contributed by atoms with Gasteiger partial charge in [-0.25, -0.2) is 0 Å². The molecule has 1 heterocycles. The van der Waals surface area contributed by atoms with Crippen LogP contribution < -0.4 is 59.1 Å². The number of hydrogen-bond donors (Lipinski definition) is 3. The minimum Gasteiger partial charge on any atom is -0.494 e. The summed E-state index contributed by atoms with van der Waals surface area (Å²) in [7, 11) is 0. The van der Waals surface area contributed by atoms with Crippen LogP contribution in [0.15, 0.2) is 291 Å². The van der Waals surface area contributed by atoms with Crippen molar-refractivity contribution in [3.05, 3.63) is 325 Å². The normalized spacial score (nSPS) is 11.2. The zero-order chi connectivity index (χ0) is 74.2. The van der Waals surface area contributed by atoms with Crippen LogP contribution in [0.5, 0.6) is 34.5 Å². The van der Waals surface area contributed by atoms with Gasteiger partial charge in [-0.05, 0) is 293 Å². The molecule has 0 aliphatic heterocycles. The molecule has 0 aliphatic rings. The molecule has 1 aromatic heterocycles. The number of rotatable bonds is 33. The van der Waals surface area contributed by atoms with Gasteiger partial charge in [-0.15, -0.1) is 0 Å². The van der Waals surface area contributed by atoms with E-state index in [0.29, 0.717) is 57.5 Å². The molecule has 0 bridgehead atoms. The summed E-state index contributed by atoms with van der Waals surface area (Å²) in [5.74, 6) is 6.03. The van der Waals surface area contributed by atoms with Crippen molar-refractivity contribution < 1.29 is 28.4 Å². The molecule has 108 heavy (non-hydrogen) atoms. The number of anilines is 15. The van der Waals surface area contributed by atoms with Crippen molar-refractivity contribution in [1.29, 1.82) is 0 Å². The van der Waals surface area contributed by atoms with Gasteiger partial charge in [-0.1, -0.05) is 109 Å².